The maximum atomic E-state index is 10.3. The molecule has 0 radical (unpaired) electrons. The summed E-state index contributed by atoms with van der Waals surface area (Å²) in [6, 6.07) is 0.365. The molecule has 0 saturated heterocycles. The van der Waals surface area contributed by atoms with Gasteiger partial charge < -0.3 is 15.5 Å². The molecule has 0 fully saturated rings. The van der Waals surface area contributed by atoms with Crippen LogP contribution >= 0.6 is 0 Å². The smallest absolute Gasteiger partial charge is 0.303 e. The Balaban J connectivity index is 3.43. The molecule has 0 saturated carbocycles. The van der Waals surface area contributed by atoms with Crippen molar-refractivity contribution in [3.8, 4) is 0 Å². The van der Waals surface area contributed by atoms with E-state index in [1.807, 2.05) is 0 Å². The van der Waals surface area contributed by atoms with Crippen LogP contribution in [0.15, 0.2) is 0 Å². The number of carboxylic acid groups (broad SMARTS) is 1. The zero-order valence-electron chi connectivity index (χ0n) is 10.4. The lowest BCUT2D eigenvalue weighted by molar-refractivity contribution is -0.137. The van der Waals surface area contributed by atoms with Gasteiger partial charge in [-0.1, -0.05) is 20.3 Å². The molecule has 0 bridgehead atoms. The molecule has 0 amide bonds. The number of unbranched alkanes of at least 4 members (excludes halogenated alkanes) is 2. The number of carboxylic acids is 1. The Morgan fingerprint density at radius 1 is 1.25 bits per heavy atom. The minimum absolute atomic E-state index is 0.217. The third kappa shape index (κ3) is 8.68. The van der Waals surface area contributed by atoms with Gasteiger partial charge in [-0.3, -0.25) is 4.79 Å². The molecular formula is C12H25NO3. The fourth-order valence-corrected chi connectivity index (χ4v) is 1.68. The van der Waals surface area contributed by atoms with Gasteiger partial charge in [0.1, 0.15) is 0 Å². The van der Waals surface area contributed by atoms with Crippen molar-refractivity contribution in [1.29, 1.82) is 0 Å². The minimum atomic E-state index is -0.715. The van der Waals surface area contributed by atoms with Crippen molar-refractivity contribution in [2.75, 3.05) is 13.2 Å². The van der Waals surface area contributed by atoms with Crippen LogP contribution in [0.1, 0.15) is 46.0 Å². The third-order valence-electron chi connectivity index (χ3n) is 2.72. The summed E-state index contributed by atoms with van der Waals surface area (Å²) in [4.78, 5) is 10.3. The van der Waals surface area contributed by atoms with Crippen LogP contribution in [0.2, 0.25) is 0 Å². The van der Waals surface area contributed by atoms with Gasteiger partial charge >= 0.3 is 5.97 Å². The molecule has 0 aromatic rings. The van der Waals surface area contributed by atoms with Crippen LogP contribution in [0.3, 0.4) is 0 Å². The minimum Gasteiger partial charge on any atom is -0.481 e. The molecule has 0 aliphatic heterocycles. The second kappa shape index (κ2) is 9.60. The maximum absolute atomic E-state index is 10.3. The highest BCUT2D eigenvalue weighted by Crippen LogP contribution is 2.06. The third-order valence-corrected chi connectivity index (χ3v) is 2.72. The van der Waals surface area contributed by atoms with Crippen LogP contribution in [0, 0.1) is 5.92 Å². The van der Waals surface area contributed by atoms with Gasteiger partial charge in [-0.05, 0) is 31.7 Å². The molecule has 0 aliphatic carbocycles. The summed E-state index contributed by atoms with van der Waals surface area (Å²) in [5, 5.41) is 20.7. The van der Waals surface area contributed by atoms with Crippen molar-refractivity contribution in [3.63, 3.8) is 0 Å². The average molecular weight is 231 g/mol. The molecule has 0 heterocycles. The molecule has 1 atom stereocenters. The summed E-state index contributed by atoms with van der Waals surface area (Å²) in [5.74, 6) is -0.195. The quantitative estimate of drug-likeness (QED) is 0.500. The van der Waals surface area contributed by atoms with E-state index in [1.165, 1.54) is 0 Å². The van der Waals surface area contributed by atoms with E-state index in [9.17, 15) is 4.79 Å². The number of hydrogen-bond donors (Lipinski definition) is 3. The predicted octanol–water partition coefficient (Wildman–Crippen LogP) is 1.63. The van der Waals surface area contributed by atoms with Gasteiger partial charge in [0.2, 0.25) is 0 Å². The van der Waals surface area contributed by atoms with Crippen LogP contribution in [0.4, 0.5) is 0 Å². The Bertz CT molecular complexity index is 183. The van der Waals surface area contributed by atoms with Gasteiger partial charge in [0.25, 0.3) is 0 Å². The van der Waals surface area contributed by atoms with Crippen LogP contribution in [-0.4, -0.2) is 35.4 Å². The molecule has 4 heteroatoms. The topological polar surface area (TPSA) is 69.6 Å². The Morgan fingerprint density at radius 2 is 1.94 bits per heavy atom. The van der Waals surface area contributed by atoms with Gasteiger partial charge in [0.15, 0.2) is 0 Å². The number of aliphatic hydroxyl groups is 1. The number of rotatable bonds is 10. The lowest BCUT2D eigenvalue weighted by atomic mass is 10.0. The van der Waals surface area contributed by atoms with E-state index in [4.69, 9.17) is 10.2 Å². The summed E-state index contributed by atoms with van der Waals surface area (Å²) in [6.07, 6.45) is 3.76. The Morgan fingerprint density at radius 3 is 2.44 bits per heavy atom. The highest BCUT2D eigenvalue weighted by Gasteiger charge is 2.10. The zero-order chi connectivity index (χ0) is 12.4. The normalized spacial score (nSPS) is 13.0. The first kappa shape index (κ1) is 15.4. The fraction of sp³-hybridized carbons (Fsp3) is 0.917. The number of nitrogens with one attached hydrogen (secondary N) is 1. The van der Waals surface area contributed by atoms with E-state index in [0.717, 1.165) is 32.2 Å². The van der Waals surface area contributed by atoms with E-state index in [-0.39, 0.29) is 13.0 Å². The van der Waals surface area contributed by atoms with Gasteiger partial charge in [0.05, 0.1) is 0 Å². The van der Waals surface area contributed by atoms with Crippen molar-refractivity contribution in [1.82, 2.24) is 5.32 Å². The van der Waals surface area contributed by atoms with Crippen molar-refractivity contribution in [2.45, 2.75) is 52.0 Å². The number of hydrogen-bond acceptors (Lipinski definition) is 3. The largest absolute Gasteiger partial charge is 0.481 e. The molecule has 0 aliphatic rings. The lowest BCUT2D eigenvalue weighted by Crippen LogP contribution is -2.35. The summed E-state index contributed by atoms with van der Waals surface area (Å²) >= 11 is 0. The first-order chi connectivity index (χ1) is 7.57. The van der Waals surface area contributed by atoms with Crippen LogP contribution in [0.25, 0.3) is 0 Å². The molecule has 0 aromatic heterocycles. The Labute approximate surface area is 98.1 Å². The number of aliphatic carboxylic acids is 1. The Kier molecular flexibility index (Phi) is 9.24. The van der Waals surface area contributed by atoms with E-state index in [2.05, 4.69) is 19.2 Å². The Hall–Kier alpha value is -0.610. The second-order valence-corrected chi connectivity index (χ2v) is 4.52. The molecule has 3 N–H and O–H groups in total. The van der Waals surface area contributed by atoms with Gasteiger partial charge in [-0.2, -0.15) is 0 Å². The molecule has 1 unspecified atom stereocenters. The van der Waals surface area contributed by atoms with Crippen molar-refractivity contribution in [3.05, 3.63) is 0 Å². The summed E-state index contributed by atoms with van der Waals surface area (Å²) in [6.45, 7) is 5.40. The lowest BCUT2D eigenvalue weighted by Gasteiger charge is -2.21. The highest BCUT2D eigenvalue weighted by molar-refractivity contribution is 5.66. The van der Waals surface area contributed by atoms with Gasteiger partial charge in [0, 0.05) is 19.1 Å². The van der Waals surface area contributed by atoms with Crippen LogP contribution in [0.5, 0.6) is 0 Å². The maximum Gasteiger partial charge on any atom is 0.303 e. The van der Waals surface area contributed by atoms with E-state index >= 15 is 0 Å². The van der Waals surface area contributed by atoms with E-state index in [0.29, 0.717) is 12.0 Å². The second-order valence-electron chi connectivity index (χ2n) is 4.52. The van der Waals surface area contributed by atoms with E-state index in [1.54, 1.807) is 0 Å². The highest BCUT2D eigenvalue weighted by atomic mass is 16.4. The van der Waals surface area contributed by atoms with Crippen molar-refractivity contribution in [2.24, 2.45) is 5.92 Å². The SMILES string of the molecule is CC(C)C(CCO)NCCCCCC(=O)O. The molecule has 0 spiro atoms. The molecular weight excluding hydrogens is 206 g/mol. The number of carbonyl (C=O) groups is 1. The standard InChI is InChI=1S/C12H25NO3/c1-10(2)11(7-9-14)13-8-5-3-4-6-12(15)16/h10-11,13-14H,3-9H2,1-2H3,(H,15,16). The molecule has 4 nitrogen and oxygen atoms in total. The summed E-state index contributed by atoms with van der Waals surface area (Å²) in [5.41, 5.74) is 0. The van der Waals surface area contributed by atoms with Gasteiger partial charge in [-0.15, -0.1) is 0 Å². The van der Waals surface area contributed by atoms with Crippen LogP contribution in [-0.2, 0) is 4.79 Å². The fourth-order valence-electron chi connectivity index (χ4n) is 1.68. The van der Waals surface area contributed by atoms with E-state index < -0.39 is 5.97 Å². The van der Waals surface area contributed by atoms with Crippen molar-refractivity contribution < 1.29 is 15.0 Å². The molecule has 0 aromatic carbocycles. The zero-order valence-corrected chi connectivity index (χ0v) is 10.4. The number of aliphatic hydroxyl groups excluding tert-OH is 1. The van der Waals surface area contributed by atoms with Crippen LogP contribution < -0.4 is 5.32 Å². The summed E-state index contributed by atoms with van der Waals surface area (Å²) < 4.78 is 0. The molecule has 16 heavy (non-hydrogen) atoms. The molecule has 96 valence electrons. The van der Waals surface area contributed by atoms with Crippen molar-refractivity contribution >= 4 is 5.97 Å². The monoisotopic (exact) mass is 231 g/mol. The molecule has 0 rings (SSSR count). The predicted molar refractivity (Wildman–Crippen MR) is 64.4 cm³/mol. The summed E-state index contributed by atoms with van der Waals surface area (Å²) in [7, 11) is 0. The first-order valence-corrected chi connectivity index (χ1v) is 6.14. The first-order valence-electron chi connectivity index (χ1n) is 6.14. The average Bonchev–Trinajstić information content (AvgIpc) is 2.20. The van der Waals surface area contributed by atoms with Gasteiger partial charge in [-0.25, -0.2) is 0 Å².